The monoisotopic (exact) mass is 379 g/mol. The molecule has 2 aromatic rings. The summed E-state index contributed by atoms with van der Waals surface area (Å²) in [5.41, 5.74) is 6.06. The van der Waals surface area contributed by atoms with Crippen LogP contribution in [0.5, 0.6) is 0 Å². The lowest BCUT2D eigenvalue weighted by Gasteiger charge is -2.39. The number of nitrogens with two attached hydrogens (primary N) is 1. The van der Waals surface area contributed by atoms with E-state index < -0.39 is 8.32 Å². The zero-order chi connectivity index (χ0) is 19.3. The van der Waals surface area contributed by atoms with Crippen LogP contribution in [0.2, 0.25) is 18.1 Å². The summed E-state index contributed by atoms with van der Waals surface area (Å²) in [5, 5.41) is 0.0959. The molecule has 1 saturated heterocycles. The highest BCUT2D eigenvalue weighted by atomic mass is 28.4. The molecule has 3 N–H and O–H groups in total. The number of nitrogens with one attached hydrogen (secondary N) is 1. The number of nitrogens with zero attached hydrogens (tertiary/aromatic N) is 3. The zero-order valence-electron chi connectivity index (χ0n) is 16.4. The summed E-state index contributed by atoms with van der Waals surface area (Å²) in [5.74, 6) is 0.0659. The number of ether oxygens (including phenoxy) is 1. The zero-order valence-corrected chi connectivity index (χ0v) is 17.4. The molecule has 8 nitrogen and oxygen atoms in total. The van der Waals surface area contributed by atoms with E-state index in [0.29, 0.717) is 5.65 Å². The van der Waals surface area contributed by atoms with Crippen molar-refractivity contribution in [3.63, 3.8) is 0 Å². The molecule has 1 fully saturated rings. The van der Waals surface area contributed by atoms with Crippen LogP contribution in [-0.4, -0.2) is 40.0 Å². The van der Waals surface area contributed by atoms with E-state index in [-0.39, 0.29) is 40.5 Å². The number of anilines is 1. The Morgan fingerprint density at radius 1 is 1.46 bits per heavy atom. The van der Waals surface area contributed by atoms with E-state index in [2.05, 4.69) is 55.7 Å². The Labute approximate surface area is 154 Å². The van der Waals surface area contributed by atoms with Gasteiger partial charge < -0.3 is 14.9 Å². The number of fused-ring (bicyclic) bond motifs is 1. The second-order valence-electron chi connectivity index (χ2n) is 8.48. The van der Waals surface area contributed by atoms with Gasteiger partial charge in [-0.1, -0.05) is 27.7 Å². The van der Waals surface area contributed by atoms with Crippen LogP contribution in [0.15, 0.2) is 11.1 Å². The van der Waals surface area contributed by atoms with E-state index >= 15 is 0 Å². The number of aromatic nitrogens is 4. The van der Waals surface area contributed by atoms with E-state index in [1.165, 1.54) is 0 Å². The second-order valence-corrected chi connectivity index (χ2v) is 13.2. The molecule has 3 heterocycles. The van der Waals surface area contributed by atoms with Crippen molar-refractivity contribution < 1.29 is 9.16 Å². The third-order valence-corrected chi connectivity index (χ3v) is 10.1. The van der Waals surface area contributed by atoms with E-state index in [1.54, 1.807) is 10.9 Å². The number of imidazole rings is 1. The Hall–Kier alpha value is -1.71. The first-order chi connectivity index (χ1) is 12.0. The minimum Gasteiger partial charge on any atom is -0.409 e. The SMILES string of the molecule is CC[C@@H]1C[C@@H](O[Si](C)(C)C(C)(C)C)[C@H](n2cnc3c(=O)[nH]c(N)nc32)O1. The molecule has 1 aliphatic rings. The minimum absolute atomic E-state index is 0.0659. The van der Waals surface area contributed by atoms with Crippen molar-refractivity contribution >= 4 is 25.4 Å². The molecule has 0 radical (unpaired) electrons. The maximum atomic E-state index is 12.1. The standard InChI is InChI=1S/C17H29N5O3Si/c1-7-10-8-11(25-26(5,6)17(2,3)4)15(24-10)22-9-19-12-13(22)20-16(18)21-14(12)23/h9-11,15H,7-8H2,1-6H3,(H3,18,20,21,23)/t10-,11-,15-/m1/s1. The first-order valence-electron chi connectivity index (χ1n) is 9.09. The van der Waals surface area contributed by atoms with Crippen LogP contribution in [-0.2, 0) is 9.16 Å². The normalized spacial score (nSPS) is 24.5. The molecule has 0 aliphatic carbocycles. The molecule has 0 aromatic carbocycles. The molecular formula is C17H29N5O3Si. The van der Waals surface area contributed by atoms with Crippen molar-refractivity contribution in [1.82, 2.24) is 19.5 Å². The van der Waals surface area contributed by atoms with Crippen molar-refractivity contribution in [1.29, 1.82) is 0 Å². The number of H-pyrrole nitrogens is 1. The van der Waals surface area contributed by atoms with Gasteiger partial charge in [-0.2, -0.15) is 4.98 Å². The van der Waals surface area contributed by atoms with Crippen LogP contribution in [0.3, 0.4) is 0 Å². The van der Waals surface area contributed by atoms with Crippen LogP contribution >= 0.6 is 0 Å². The quantitative estimate of drug-likeness (QED) is 0.791. The summed E-state index contributed by atoms with van der Waals surface area (Å²) in [6, 6.07) is 0. The summed E-state index contributed by atoms with van der Waals surface area (Å²) in [6.45, 7) is 13.2. The maximum absolute atomic E-state index is 12.1. The van der Waals surface area contributed by atoms with Crippen molar-refractivity contribution in [2.75, 3.05) is 5.73 Å². The van der Waals surface area contributed by atoms with Gasteiger partial charge in [0.1, 0.15) is 0 Å². The Bertz CT molecular complexity index is 854. The van der Waals surface area contributed by atoms with Gasteiger partial charge in [-0.3, -0.25) is 14.3 Å². The average Bonchev–Trinajstić information content (AvgIpc) is 3.09. The van der Waals surface area contributed by atoms with E-state index in [0.717, 1.165) is 12.8 Å². The Morgan fingerprint density at radius 3 is 2.77 bits per heavy atom. The van der Waals surface area contributed by atoms with Crippen LogP contribution < -0.4 is 11.3 Å². The van der Waals surface area contributed by atoms with Crippen molar-refractivity contribution in [2.45, 2.75) is 77.1 Å². The first kappa shape index (κ1) is 19.1. The molecule has 0 amide bonds. The summed E-state index contributed by atoms with van der Waals surface area (Å²) < 4.78 is 14.7. The van der Waals surface area contributed by atoms with Crippen LogP contribution in [0.25, 0.3) is 11.2 Å². The molecule has 26 heavy (non-hydrogen) atoms. The lowest BCUT2D eigenvalue weighted by atomic mass is 10.1. The molecule has 0 saturated carbocycles. The number of rotatable bonds is 4. The molecular weight excluding hydrogens is 350 g/mol. The van der Waals surface area contributed by atoms with E-state index in [9.17, 15) is 4.79 Å². The lowest BCUT2D eigenvalue weighted by molar-refractivity contribution is -0.0320. The smallest absolute Gasteiger partial charge is 0.280 e. The Morgan fingerprint density at radius 2 is 2.15 bits per heavy atom. The highest BCUT2D eigenvalue weighted by Gasteiger charge is 2.45. The third kappa shape index (κ3) is 3.30. The summed E-state index contributed by atoms with van der Waals surface area (Å²) >= 11 is 0. The molecule has 9 heteroatoms. The van der Waals surface area contributed by atoms with E-state index in [1.807, 2.05) is 0 Å². The second kappa shape index (κ2) is 6.47. The average molecular weight is 380 g/mol. The summed E-state index contributed by atoms with van der Waals surface area (Å²) in [7, 11) is -1.98. The molecule has 0 spiro atoms. The molecule has 3 rings (SSSR count). The third-order valence-electron chi connectivity index (χ3n) is 5.58. The molecule has 3 atom stereocenters. The fourth-order valence-electron chi connectivity index (χ4n) is 3.01. The van der Waals surface area contributed by atoms with Gasteiger partial charge in [0, 0.05) is 6.42 Å². The topological polar surface area (TPSA) is 108 Å². The fraction of sp³-hybridized carbons (Fsp3) is 0.706. The van der Waals surface area contributed by atoms with Crippen molar-refractivity contribution in [3.8, 4) is 0 Å². The number of aromatic amines is 1. The molecule has 0 bridgehead atoms. The van der Waals surface area contributed by atoms with Gasteiger partial charge in [0.15, 0.2) is 25.7 Å². The Balaban J connectivity index is 2.00. The van der Waals surface area contributed by atoms with Crippen molar-refractivity contribution in [2.24, 2.45) is 0 Å². The number of nitrogen functional groups attached to an aromatic ring is 1. The minimum atomic E-state index is -1.98. The molecule has 144 valence electrons. The van der Waals surface area contributed by atoms with Crippen molar-refractivity contribution in [3.05, 3.63) is 16.7 Å². The largest absolute Gasteiger partial charge is 0.409 e. The maximum Gasteiger partial charge on any atom is 0.280 e. The number of hydrogen-bond acceptors (Lipinski definition) is 6. The highest BCUT2D eigenvalue weighted by Crippen LogP contribution is 2.42. The lowest BCUT2D eigenvalue weighted by Crippen LogP contribution is -2.45. The van der Waals surface area contributed by atoms with Gasteiger partial charge in [0.2, 0.25) is 5.95 Å². The van der Waals surface area contributed by atoms with Gasteiger partial charge in [0.05, 0.1) is 18.5 Å². The predicted molar refractivity (Wildman–Crippen MR) is 103 cm³/mol. The fourth-order valence-corrected chi connectivity index (χ4v) is 4.34. The number of hydrogen-bond donors (Lipinski definition) is 2. The van der Waals surface area contributed by atoms with Gasteiger partial charge in [-0.15, -0.1) is 0 Å². The van der Waals surface area contributed by atoms with Gasteiger partial charge >= 0.3 is 0 Å². The molecule has 1 aliphatic heterocycles. The van der Waals surface area contributed by atoms with Gasteiger partial charge in [0.25, 0.3) is 5.56 Å². The van der Waals surface area contributed by atoms with Gasteiger partial charge in [-0.05, 0) is 24.6 Å². The summed E-state index contributed by atoms with van der Waals surface area (Å²) in [4.78, 5) is 23.0. The molecule has 0 unspecified atom stereocenters. The molecule has 2 aromatic heterocycles. The Kier molecular flexibility index (Phi) is 4.74. The van der Waals surface area contributed by atoms with Crippen LogP contribution in [0, 0.1) is 0 Å². The van der Waals surface area contributed by atoms with Gasteiger partial charge in [-0.25, -0.2) is 4.98 Å². The predicted octanol–water partition coefficient (Wildman–Crippen LogP) is 2.79. The van der Waals surface area contributed by atoms with Crippen LogP contribution in [0.1, 0.15) is 46.8 Å². The summed E-state index contributed by atoms with van der Waals surface area (Å²) in [6.07, 6.45) is 2.93. The first-order valence-corrected chi connectivity index (χ1v) is 12.0. The van der Waals surface area contributed by atoms with E-state index in [4.69, 9.17) is 14.9 Å². The highest BCUT2D eigenvalue weighted by molar-refractivity contribution is 6.74. The van der Waals surface area contributed by atoms with Crippen LogP contribution in [0.4, 0.5) is 5.95 Å².